The molecule has 0 atom stereocenters. The van der Waals surface area contributed by atoms with Crippen LogP contribution in [0.15, 0.2) is 42.5 Å². The fourth-order valence-electron chi connectivity index (χ4n) is 2.26. The Balaban J connectivity index is 1.53. The van der Waals surface area contributed by atoms with Crippen LogP contribution in [0.25, 0.3) is 0 Å². The van der Waals surface area contributed by atoms with Gasteiger partial charge in [0, 0.05) is 27.5 Å². The molecule has 0 spiro atoms. The van der Waals surface area contributed by atoms with Crippen LogP contribution >= 0.6 is 23.2 Å². The molecule has 0 heterocycles. The first-order valence-electron chi connectivity index (χ1n) is 7.91. The van der Waals surface area contributed by atoms with Crippen LogP contribution in [0, 0.1) is 0 Å². The van der Waals surface area contributed by atoms with Crippen molar-refractivity contribution < 1.29 is 9.59 Å². The van der Waals surface area contributed by atoms with Crippen LogP contribution in [0.4, 0.5) is 16.2 Å². The molecule has 2 aromatic carbocycles. The summed E-state index contributed by atoms with van der Waals surface area (Å²) >= 11 is 11.9. The Hall–Kier alpha value is -2.24. The van der Waals surface area contributed by atoms with Crippen molar-refractivity contribution in [2.75, 3.05) is 10.6 Å². The minimum atomic E-state index is -0.211. The Morgan fingerprint density at radius 2 is 1.60 bits per heavy atom. The molecule has 7 heteroatoms. The first kappa shape index (κ1) is 17.6. The zero-order valence-corrected chi connectivity index (χ0v) is 14.8. The summed E-state index contributed by atoms with van der Waals surface area (Å²) in [5.41, 5.74) is 2.01. The van der Waals surface area contributed by atoms with Crippen LogP contribution < -0.4 is 16.0 Å². The van der Waals surface area contributed by atoms with Gasteiger partial charge in [0.05, 0.1) is 6.42 Å². The van der Waals surface area contributed by atoms with Gasteiger partial charge in [-0.25, -0.2) is 4.79 Å². The molecule has 1 saturated carbocycles. The van der Waals surface area contributed by atoms with E-state index in [4.69, 9.17) is 23.2 Å². The van der Waals surface area contributed by atoms with E-state index >= 15 is 0 Å². The molecular weight excluding hydrogens is 361 g/mol. The van der Waals surface area contributed by atoms with Crippen molar-refractivity contribution in [3.05, 3.63) is 58.1 Å². The molecule has 1 aliphatic rings. The van der Waals surface area contributed by atoms with E-state index < -0.39 is 0 Å². The van der Waals surface area contributed by atoms with E-state index in [9.17, 15) is 9.59 Å². The number of carbonyl (C=O) groups excluding carboxylic acids is 2. The number of carbonyl (C=O) groups is 2. The summed E-state index contributed by atoms with van der Waals surface area (Å²) in [6.45, 7) is 0. The van der Waals surface area contributed by atoms with E-state index in [2.05, 4.69) is 16.0 Å². The summed E-state index contributed by atoms with van der Waals surface area (Å²) in [6, 6.07) is 12.1. The quantitative estimate of drug-likeness (QED) is 0.719. The number of urea groups is 1. The first-order chi connectivity index (χ1) is 12.0. The van der Waals surface area contributed by atoms with Crippen LogP contribution in [0.3, 0.4) is 0 Å². The van der Waals surface area contributed by atoms with Gasteiger partial charge in [-0.05, 0) is 54.8 Å². The second-order valence-electron chi connectivity index (χ2n) is 5.91. The van der Waals surface area contributed by atoms with Gasteiger partial charge in [-0.2, -0.15) is 0 Å². The van der Waals surface area contributed by atoms with Gasteiger partial charge in [-0.3, -0.25) is 4.79 Å². The van der Waals surface area contributed by atoms with Gasteiger partial charge >= 0.3 is 6.03 Å². The van der Waals surface area contributed by atoms with Crippen molar-refractivity contribution >= 4 is 46.5 Å². The molecule has 0 aliphatic heterocycles. The summed E-state index contributed by atoms with van der Waals surface area (Å²) in [5, 5.41) is 9.39. The Bertz CT molecular complexity index is 789. The van der Waals surface area contributed by atoms with E-state index in [0.29, 0.717) is 33.0 Å². The molecule has 3 rings (SSSR count). The topological polar surface area (TPSA) is 70.2 Å². The van der Waals surface area contributed by atoms with Crippen LogP contribution in [0.2, 0.25) is 10.0 Å². The first-order valence-corrected chi connectivity index (χ1v) is 8.66. The highest BCUT2D eigenvalue weighted by atomic mass is 35.5. The van der Waals surface area contributed by atoms with Gasteiger partial charge in [0.1, 0.15) is 0 Å². The van der Waals surface area contributed by atoms with Crippen molar-refractivity contribution in [1.82, 2.24) is 5.32 Å². The molecule has 0 aromatic heterocycles. The Labute approximate surface area is 155 Å². The maximum atomic E-state index is 12.1. The van der Waals surface area contributed by atoms with Gasteiger partial charge in [0.15, 0.2) is 0 Å². The highest BCUT2D eigenvalue weighted by molar-refractivity contribution is 6.35. The summed E-state index contributed by atoms with van der Waals surface area (Å²) in [6.07, 6.45) is 2.23. The molecule has 1 fully saturated rings. The normalized spacial score (nSPS) is 13.2. The predicted octanol–water partition coefficient (Wildman–Crippen LogP) is 4.46. The van der Waals surface area contributed by atoms with E-state index in [-0.39, 0.29) is 18.4 Å². The molecule has 0 bridgehead atoms. The van der Waals surface area contributed by atoms with Crippen molar-refractivity contribution in [2.45, 2.75) is 25.3 Å². The van der Waals surface area contributed by atoms with Crippen LogP contribution in [-0.2, 0) is 11.2 Å². The molecule has 1 aliphatic carbocycles. The SMILES string of the molecule is O=C(Cc1ccc(Cl)cc1Cl)Nc1ccc(NC(=O)NC2CC2)cc1. The maximum Gasteiger partial charge on any atom is 0.319 e. The Morgan fingerprint density at radius 1 is 0.960 bits per heavy atom. The molecule has 130 valence electrons. The van der Waals surface area contributed by atoms with Gasteiger partial charge in [0.2, 0.25) is 5.91 Å². The van der Waals surface area contributed by atoms with Crippen molar-refractivity contribution in [2.24, 2.45) is 0 Å². The number of hydrogen-bond donors (Lipinski definition) is 3. The Morgan fingerprint density at radius 3 is 2.20 bits per heavy atom. The third-order valence-corrected chi connectivity index (χ3v) is 4.29. The van der Waals surface area contributed by atoms with Crippen molar-refractivity contribution in [1.29, 1.82) is 0 Å². The van der Waals surface area contributed by atoms with E-state index in [1.807, 2.05) is 0 Å². The third-order valence-electron chi connectivity index (χ3n) is 3.71. The van der Waals surface area contributed by atoms with Crippen LogP contribution in [0.1, 0.15) is 18.4 Å². The predicted molar refractivity (Wildman–Crippen MR) is 100 cm³/mol. The number of rotatable bonds is 5. The van der Waals surface area contributed by atoms with Crippen LogP contribution in [-0.4, -0.2) is 18.0 Å². The lowest BCUT2D eigenvalue weighted by Gasteiger charge is -2.09. The molecule has 25 heavy (non-hydrogen) atoms. The second kappa shape index (κ2) is 7.76. The zero-order chi connectivity index (χ0) is 17.8. The average molecular weight is 378 g/mol. The second-order valence-corrected chi connectivity index (χ2v) is 6.75. The minimum Gasteiger partial charge on any atom is -0.335 e. The van der Waals surface area contributed by atoms with E-state index in [1.165, 1.54) is 0 Å². The minimum absolute atomic E-state index is 0.153. The highest BCUT2D eigenvalue weighted by Gasteiger charge is 2.23. The van der Waals surface area contributed by atoms with E-state index in [1.54, 1.807) is 42.5 Å². The third kappa shape index (κ3) is 5.37. The monoisotopic (exact) mass is 377 g/mol. The fraction of sp³-hybridized carbons (Fsp3) is 0.222. The lowest BCUT2D eigenvalue weighted by atomic mass is 10.1. The van der Waals surface area contributed by atoms with Gasteiger partial charge in [0.25, 0.3) is 0 Å². The molecule has 2 aromatic rings. The van der Waals surface area contributed by atoms with Gasteiger partial charge in [-0.15, -0.1) is 0 Å². The molecule has 3 amide bonds. The van der Waals surface area contributed by atoms with Gasteiger partial charge < -0.3 is 16.0 Å². The lowest BCUT2D eigenvalue weighted by molar-refractivity contribution is -0.115. The maximum absolute atomic E-state index is 12.1. The van der Waals surface area contributed by atoms with Gasteiger partial charge in [-0.1, -0.05) is 29.3 Å². The summed E-state index contributed by atoms with van der Waals surface area (Å²) in [7, 11) is 0. The highest BCUT2D eigenvalue weighted by Crippen LogP contribution is 2.22. The molecule has 3 N–H and O–H groups in total. The summed E-state index contributed by atoms with van der Waals surface area (Å²) in [4.78, 5) is 23.8. The standard InChI is InChI=1S/C18H17Cl2N3O2/c19-12-2-1-11(16(20)10-12)9-17(24)21-13-3-5-14(6-4-13)22-18(25)23-15-7-8-15/h1-6,10,15H,7-9H2,(H,21,24)(H2,22,23,25). The van der Waals surface area contributed by atoms with Crippen molar-refractivity contribution in [3.63, 3.8) is 0 Å². The average Bonchev–Trinajstić information content (AvgIpc) is 3.36. The molecule has 0 saturated heterocycles. The number of anilines is 2. The zero-order valence-electron chi connectivity index (χ0n) is 13.3. The molecular formula is C18H17Cl2N3O2. The Kier molecular flexibility index (Phi) is 5.46. The lowest BCUT2D eigenvalue weighted by Crippen LogP contribution is -2.30. The summed E-state index contributed by atoms with van der Waals surface area (Å²) < 4.78 is 0. The molecule has 0 radical (unpaired) electrons. The van der Waals surface area contributed by atoms with Crippen molar-refractivity contribution in [3.8, 4) is 0 Å². The van der Waals surface area contributed by atoms with E-state index in [0.717, 1.165) is 12.8 Å². The number of amides is 3. The summed E-state index contributed by atoms with van der Waals surface area (Å²) in [5.74, 6) is -0.184. The number of nitrogens with one attached hydrogen (secondary N) is 3. The number of benzene rings is 2. The van der Waals surface area contributed by atoms with Crippen LogP contribution in [0.5, 0.6) is 0 Å². The fourth-order valence-corrected chi connectivity index (χ4v) is 2.74. The number of hydrogen-bond acceptors (Lipinski definition) is 2. The molecule has 5 nitrogen and oxygen atoms in total. The smallest absolute Gasteiger partial charge is 0.319 e. The number of halogens is 2. The molecule has 0 unspecified atom stereocenters. The largest absolute Gasteiger partial charge is 0.335 e.